The van der Waals surface area contributed by atoms with Crippen molar-refractivity contribution in [2.45, 2.75) is 32.0 Å². The third-order valence-corrected chi connectivity index (χ3v) is 7.86. The van der Waals surface area contributed by atoms with Gasteiger partial charge in [0.05, 0.1) is 24.9 Å². The molecule has 0 unspecified atom stereocenters. The molecule has 3 aromatic carbocycles. The number of hydrogen-bond acceptors (Lipinski definition) is 4. The molecule has 1 aromatic heterocycles. The molecule has 1 aliphatic rings. The number of piperidine rings is 1. The van der Waals surface area contributed by atoms with E-state index in [0.29, 0.717) is 38.7 Å². The summed E-state index contributed by atoms with van der Waals surface area (Å²) in [6, 6.07) is 16.9. The number of aromatic nitrogens is 2. The molecule has 0 saturated carbocycles. The standard InChI is InChI=1S/C29H26Cl2F3N3O2/c1-39-26(38)15-18-5-4-14-36(16-18)20-12-10-19(11-13-20)28-21-6-2-7-23(29(32,33)34)27(21)35-37(28)17-22-24(30)8-3-9-25(22)31/h2-3,6-13,18H,4-5,14-17H2,1H3/t18-/m1/s1. The second kappa shape index (κ2) is 11.1. The molecule has 0 bridgehead atoms. The first-order valence-electron chi connectivity index (χ1n) is 12.6. The van der Waals surface area contributed by atoms with Crippen molar-refractivity contribution in [2.24, 2.45) is 5.92 Å². The number of nitrogens with zero attached hydrogens (tertiary/aromatic N) is 3. The quantitative estimate of drug-likeness (QED) is 0.219. The van der Waals surface area contributed by atoms with E-state index in [2.05, 4.69) is 10.00 Å². The lowest BCUT2D eigenvalue weighted by molar-refractivity contribution is -0.141. The highest BCUT2D eigenvalue weighted by Gasteiger charge is 2.34. The molecule has 0 spiro atoms. The minimum atomic E-state index is -4.56. The van der Waals surface area contributed by atoms with Crippen LogP contribution in [-0.2, 0) is 22.3 Å². The predicted octanol–water partition coefficient (Wildman–Crippen LogP) is 7.86. The number of rotatable bonds is 6. The number of carbonyl (C=O) groups is 1. The maximum atomic E-state index is 13.9. The van der Waals surface area contributed by atoms with Gasteiger partial charge in [0.1, 0.15) is 5.52 Å². The summed E-state index contributed by atoms with van der Waals surface area (Å²) in [7, 11) is 1.40. The fourth-order valence-electron chi connectivity index (χ4n) is 5.25. The van der Waals surface area contributed by atoms with Crippen LogP contribution in [0.5, 0.6) is 0 Å². The molecule has 1 aliphatic heterocycles. The third kappa shape index (κ3) is 5.72. The van der Waals surface area contributed by atoms with Gasteiger partial charge < -0.3 is 9.64 Å². The zero-order chi connectivity index (χ0) is 27.7. The summed E-state index contributed by atoms with van der Waals surface area (Å²) < 4.78 is 48.0. The number of alkyl halides is 3. The monoisotopic (exact) mass is 575 g/mol. The zero-order valence-corrected chi connectivity index (χ0v) is 22.7. The van der Waals surface area contributed by atoms with Crippen LogP contribution >= 0.6 is 23.2 Å². The largest absolute Gasteiger partial charge is 0.469 e. The summed E-state index contributed by atoms with van der Waals surface area (Å²) in [5, 5.41) is 5.62. The number of esters is 1. The number of anilines is 1. The minimum Gasteiger partial charge on any atom is -0.469 e. The van der Waals surface area contributed by atoms with E-state index in [9.17, 15) is 18.0 Å². The predicted molar refractivity (Wildman–Crippen MR) is 147 cm³/mol. The van der Waals surface area contributed by atoms with Gasteiger partial charge in [-0.3, -0.25) is 9.48 Å². The SMILES string of the molecule is COC(=O)C[C@H]1CCCN(c2ccc(-c3c4cccc(C(F)(F)F)c4nn3Cc3c(Cl)cccc3Cl)cc2)C1. The van der Waals surface area contributed by atoms with Gasteiger partial charge in [0.25, 0.3) is 0 Å². The first-order valence-corrected chi connectivity index (χ1v) is 13.3. The summed E-state index contributed by atoms with van der Waals surface area (Å²) in [5.41, 5.74) is 1.88. The van der Waals surface area contributed by atoms with E-state index in [1.54, 1.807) is 24.3 Å². The second-order valence-corrected chi connectivity index (χ2v) is 10.5. The second-order valence-electron chi connectivity index (χ2n) is 9.69. The third-order valence-electron chi connectivity index (χ3n) is 7.15. The summed E-state index contributed by atoms with van der Waals surface area (Å²) in [6.45, 7) is 1.69. The minimum absolute atomic E-state index is 0.100. The lowest BCUT2D eigenvalue weighted by Gasteiger charge is -2.34. The van der Waals surface area contributed by atoms with Gasteiger partial charge in [0.15, 0.2) is 0 Å². The van der Waals surface area contributed by atoms with Crippen molar-refractivity contribution < 1.29 is 22.7 Å². The highest BCUT2D eigenvalue weighted by molar-refractivity contribution is 6.36. The Bertz CT molecular complexity index is 1480. The van der Waals surface area contributed by atoms with Crippen LogP contribution in [0.2, 0.25) is 10.0 Å². The van der Waals surface area contributed by atoms with E-state index >= 15 is 0 Å². The van der Waals surface area contributed by atoms with Gasteiger partial charge in [-0.25, -0.2) is 0 Å². The lowest BCUT2D eigenvalue weighted by atomic mass is 9.94. The molecule has 5 rings (SSSR count). The molecule has 0 radical (unpaired) electrons. The molecule has 2 heterocycles. The Morgan fingerprint density at radius 3 is 2.41 bits per heavy atom. The molecule has 4 aromatic rings. The smallest absolute Gasteiger partial charge is 0.418 e. The van der Waals surface area contributed by atoms with Gasteiger partial charge in [0, 0.05) is 51.8 Å². The highest BCUT2D eigenvalue weighted by atomic mass is 35.5. The average Bonchev–Trinajstić information content (AvgIpc) is 3.28. The van der Waals surface area contributed by atoms with Gasteiger partial charge in [-0.2, -0.15) is 18.3 Å². The number of benzene rings is 3. The van der Waals surface area contributed by atoms with Gasteiger partial charge in [-0.15, -0.1) is 0 Å². The van der Waals surface area contributed by atoms with E-state index in [1.807, 2.05) is 24.3 Å². The number of halogens is 5. The molecular weight excluding hydrogens is 550 g/mol. The first-order chi connectivity index (χ1) is 18.7. The highest BCUT2D eigenvalue weighted by Crippen LogP contribution is 2.39. The van der Waals surface area contributed by atoms with Crippen molar-refractivity contribution in [3.05, 3.63) is 81.8 Å². The number of fused-ring (bicyclic) bond motifs is 1. The molecule has 0 N–H and O–H groups in total. The molecule has 1 saturated heterocycles. The van der Waals surface area contributed by atoms with E-state index in [4.69, 9.17) is 27.9 Å². The van der Waals surface area contributed by atoms with Crippen molar-refractivity contribution in [1.29, 1.82) is 0 Å². The summed E-state index contributed by atoms with van der Waals surface area (Å²) in [5.74, 6) is -0.00778. The molecule has 1 fully saturated rings. The van der Waals surface area contributed by atoms with E-state index in [0.717, 1.165) is 37.7 Å². The first kappa shape index (κ1) is 27.3. The van der Waals surface area contributed by atoms with Crippen LogP contribution in [0.3, 0.4) is 0 Å². The van der Waals surface area contributed by atoms with E-state index in [-0.39, 0.29) is 23.9 Å². The molecule has 204 valence electrons. The topological polar surface area (TPSA) is 47.4 Å². The Labute approximate surface area is 234 Å². The molecule has 10 heteroatoms. The zero-order valence-electron chi connectivity index (χ0n) is 21.1. The van der Waals surface area contributed by atoms with Crippen LogP contribution in [-0.4, -0.2) is 35.9 Å². The van der Waals surface area contributed by atoms with Gasteiger partial charge >= 0.3 is 12.1 Å². The molecular formula is C29H26Cl2F3N3O2. The van der Waals surface area contributed by atoms with Gasteiger partial charge in [0.2, 0.25) is 0 Å². The molecule has 39 heavy (non-hydrogen) atoms. The Kier molecular flexibility index (Phi) is 7.78. The Morgan fingerprint density at radius 1 is 1.05 bits per heavy atom. The van der Waals surface area contributed by atoms with Crippen LogP contribution in [0.1, 0.15) is 30.4 Å². The summed E-state index contributed by atoms with van der Waals surface area (Å²) in [4.78, 5) is 14.0. The Morgan fingerprint density at radius 2 is 1.74 bits per heavy atom. The molecule has 5 nitrogen and oxygen atoms in total. The van der Waals surface area contributed by atoms with Crippen LogP contribution in [0.4, 0.5) is 18.9 Å². The van der Waals surface area contributed by atoms with E-state index < -0.39 is 11.7 Å². The van der Waals surface area contributed by atoms with Crippen LogP contribution in [0.25, 0.3) is 22.2 Å². The Hall–Kier alpha value is -3.23. The van der Waals surface area contributed by atoms with E-state index in [1.165, 1.54) is 17.9 Å². The van der Waals surface area contributed by atoms with Crippen molar-refractivity contribution >= 4 is 45.8 Å². The van der Waals surface area contributed by atoms with Crippen LogP contribution in [0.15, 0.2) is 60.7 Å². The fraction of sp³-hybridized carbons (Fsp3) is 0.310. The number of methoxy groups -OCH3 is 1. The van der Waals surface area contributed by atoms with Gasteiger partial charge in [-0.05, 0) is 49.1 Å². The fourth-order valence-corrected chi connectivity index (χ4v) is 5.77. The van der Waals surface area contributed by atoms with Crippen molar-refractivity contribution in [3.63, 3.8) is 0 Å². The summed E-state index contributed by atoms with van der Waals surface area (Å²) >= 11 is 12.8. The molecule has 1 atom stereocenters. The molecule has 0 amide bonds. The normalized spacial score (nSPS) is 16.1. The van der Waals surface area contributed by atoms with Crippen LogP contribution < -0.4 is 4.90 Å². The van der Waals surface area contributed by atoms with Crippen LogP contribution in [0, 0.1) is 5.92 Å². The van der Waals surface area contributed by atoms with Crippen molar-refractivity contribution in [1.82, 2.24) is 9.78 Å². The summed E-state index contributed by atoms with van der Waals surface area (Å²) in [6.07, 6.45) is -2.26. The van der Waals surface area contributed by atoms with Crippen molar-refractivity contribution in [3.8, 4) is 11.3 Å². The number of hydrogen-bond donors (Lipinski definition) is 0. The van der Waals surface area contributed by atoms with Crippen molar-refractivity contribution in [2.75, 3.05) is 25.1 Å². The lowest BCUT2D eigenvalue weighted by Crippen LogP contribution is -2.36. The number of ether oxygens (including phenoxy) is 1. The maximum Gasteiger partial charge on any atom is 0.418 e. The van der Waals surface area contributed by atoms with Gasteiger partial charge in [-0.1, -0.05) is 53.5 Å². The molecule has 0 aliphatic carbocycles. The maximum absolute atomic E-state index is 13.9. The average molecular weight is 576 g/mol. The number of carbonyl (C=O) groups excluding carboxylic acids is 1. The Balaban J connectivity index is 1.54.